The van der Waals surface area contributed by atoms with Crippen molar-refractivity contribution in [3.05, 3.63) is 66.4 Å². The first-order valence-electron chi connectivity index (χ1n) is 8.26. The fourth-order valence-corrected chi connectivity index (χ4v) is 2.32. The van der Waals surface area contributed by atoms with Crippen LogP contribution in [-0.4, -0.2) is 16.1 Å². The van der Waals surface area contributed by atoms with Crippen molar-refractivity contribution in [2.45, 2.75) is 20.0 Å². The van der Waals surface area contributed by atoms with E-state index in [1.54, 1.807) is 24.4 Å². The molecule has 1 aromatic heterocycles. The third-order valence-electron chi connectivity index (χ3n) is 3.40. The minimum absolute atomic E-state index is 0.142. The van der Waals surface area contributed by atoms with Crippen LogP contribution in [0.1, 0.15) is 19.4 Å². The molecule has 0 amide bonds. The lowest BCUT2D eigenvalue weighted by atomic mass is 10.2. The Morgan fingerprint density at radius 1 is 1.00 bits per heavy atom. The van der Waals surface area contributed by atoms with Gasteiger partial charge in [-0.3, -0.25) is 0 Å². The Hall–Kier alpha value is -3.59. The molecule has 0 saturated carbocycles. The molecular formula is C20H19N5O. The molecule has 3 aromatic rings. The molecular weight excluding hydrogens is 326 g/mol. The van der Waals surface area contributed by atoms with E-state index in [-0.39, 0.29) is 6.10 Å². The van der Waals surface area contributed by atoms with Gasteiger partial charge in [0.05, 0.1) is 17.7 Å². The van der Waals surface area contributed by atoms with E-state index in [1.165, 1.54) is 0 Å². The van der Waals surface area contributed by atoms with Crippen molar-refractivity contribution in [2.75, 3.05) is 10.6 Å². The van der Waals surface area contributed by atoms with Gasteiger partial charge in [0, 0.05) is 17.6 Å². The molecule has 0 aliphatic carbocycles. The fraction of sp³-hybridized carbons (Fsp3) is 0.150. The molecule has 6 heteroatoms. The van der Waals surface area contributed by atoms with Gasteiger partial charge in [-0.05, 0) is 62.4 Å². The Morgan fingerprint density at radius 2 is 1.81 bits per heavy atom. The van der Waals surface area contributed by atoms with Crippen LogP contribution in [0.25, 0.3) is 0 Å². The summed E-state index contributed by atoms with van der Waals surface area (Å²) in [5.41, 5.74) is 2.24. The van der Waals surface area contributed by atoms with E-state index in [0.717, 1.165) is 17.1 Å². The smallest absolute Gasteiger partial charge is 0.229 e. The highest BCUT2D eigenvalue weighted by Gasteiger charge is 2.03. The van der Waals surface area contributed by atoms with E-state index in [9.17, 15) is 0 Å². The summed E-state index contributed by atoms with van der Waals surface area (Å²) >= 11 is 0. The van der Waals surface area contributed by atoms with Crippen molar-refractivity contribution in [3.8, 4) is 11.8 Å². The first-order chi connectivity index (χ1) is 12.6. The zero-order chi connectivity index (χ0) is 18.4. The third-order valence-corrected chi connectivity index (χ3v) is 3.40. The van der Waals surface area contributed by atoms with E-state index >= 15 is 0 Å². The number of anilines is 4. The van der Waals surface area contributed by atoms with Gasteiger partial charge >= 0.3 is 0 Å². The summed E-state index contributed by atoms with van der Waals surface area (Å²) in [6.45, 7) is 3.99. The molecule has 0 aliphatic rings. The van der Waals surface area contributed by atoms with Gasteiger partial charge < -0.3 is 15.4 Å². The van der Waals surface area contributed by atoms with Gasteiger partial charge in [-0.25, -0.2) is 4.98 Å². The van der Waals surface area contributed by atoms with Gasteiger partial charge in [0.2, 0.25) is 5.95 Å². The van der Waals surface area contributed by atoms with Crippen LogP contribution in [0.4, 0.5) is 23.1 Å². The first kappa shape index (κ1) is 17.2. The maximum Gasteiger partial charge on any atom is 0.229 e. The van der Waals surface area contributed by atoms with Crippen LogP contribution in [-0.2, 0) is 0 Å². The zero-order valence-corrected chi connectivity index (χ0v) is 14.6. The van der Waals surface area contributed by atoms with E-state index in [1.807, 2.05) is 50.2 Å². The monoisotopic (exact) mass is 345 g/mol. The van der Waals surface area contributed by atoms with Gasteiger partial charge in [0.15, 0.2) is 0 Å². The van der Waals surface area contributed by atoms with Crippen molar-refractivity contribution in [1.82, 2.24) is 9.97 Å². The lowest BCUT2D eigenvalue weighted by Crippen LogP contribution is -2.05. The number of rotatable bonds is 6. The quantitative estimate of drug-likeness (QED) is 0.678. The predicted molar refractivity (Wildman–Crippen MR) is 102 cm³/mol. The number of ether oxygens (including phenoxy) is 1. The summed E-state index contributed by atoms with van der Waals surface area (Å²) in [6, 6.07) is 18.8. The van der Waals surface area contributed by atoms with Crippen LogP contribution in [0.2, 0.25) is 0 Å². The standard InChI is InChI=1S/C20H19N5O/c1-14(2)26-18-8-6-16(7-9-18)23-19-10-11-22-20(25-19)24-17-5-3-4-15(12-17)13-21/h3-12,14H,1-2H3,(H2,22,23,24,25). The lowest BCUT2D eigenvalue weighted by Gasteiger charge is -2.11. The molecule has 2 N–H and O–H groups in total. The lowest BCUT2D eigenvalue weighted by molar-refractivity contribution is 0.242. The normalized spacial score (nSPS) is 10.2. The third kappa shape index (κ3) is 4.71. The second-order valence-electron chi connectivity index (χ2n) is 5.90. The van der Waals surface area contributed by atoms with Gasteiger partial charge in [-0.1, -0.05) is 6.07 Å². The molecule has 0 atom stereocenters. The predicted octanol–water partition coefficient (Wildman–Crippen LogP) is 4.62. The fourth-order valence-electron chi connectivity index (χ4n) is 2.32. The van der Waals surface area contributed by atoms with Crippen molar-refractivity contribution in [3.63, 3.8) is 0 Å². The molecule has 0 bridgehead atoms. The van der Waals surface area contributed by atoms with Crippen molar-refractivity contribution >= 4 is 23.1 Å². The minimum atomic E-state index is 0.142. The maximum absolute atomic E-state index is 8.98. The van der Waals surface area contributed by atoms with Crippen LogP contribution >= 0.6 is 0 Å². The Morgan fingerprint density at radius 3 is 2.54 bits per heavy atom. The Kier molecular flexibility index (Phi) is 5.30. The molecule has 0 aliphatic heterocycles. The van der Waals surface area contributed by atoms with E-state index < -0.39 is 0 Å². The molecule has 0 fully saturated rings. The molecule has 1 heterocycles. The molecule has 6 nitrogen and oxygen atoms in total. The average Bonchev–Trinajstić information content (AvgIpc) is 2.63. The van der Waals surface area contributed by atoms with Crippen molar-refractivity contribution in [1.29, 1.82) is 5.26 Å². The number of nitrogens with one attached hydrogen (secondary N) is 2. The van der Waals surface area contributed by atoms with Crippen LogP contribution in [0.5, 0.6) is 5.75 Å². The Balaban J connectivity index is 1.70. The van der Waals surface area contributed by atoms with Crippen molar-refractivity contribution in [2.24, 2.45) is 0 Å². The van der Waals surface area contributed by atoms with Crippen LogP contribution in [0.15, 0.2) is 60.8 Å². The van der Waals surface area contributed by atoms with Gasteiger partial charge in [0.25, 0.3) is 0 Å². The average molecular weight is 345 g/mol. The van der Waals surface area contributed by atoms with Gasteiger partial charge in [-0.2, -0.15) is 10.2 Å². The second kappa shape index (κ2) is 7.99. The molecule has 3 rings (SSSR count). The first-order valence-corrected chi connectivity index (χ1v) is 8.26. The number of benzene rings is 2. The molecule has 0 saturated heterocycles. The summed E-state index contributed by atoms with van der Waals surface area (Å²) < 4.78 is 5.64. The Labute approximate surface area is 152 Å². The number of nitrogens with zero attached hydrogens (tertiary/aromatic N) is 3. The second-order valence-corrected chi connectivity index (χ2v) is 5.90. The topological polar surface area (TPSA) is 82.9 Å². The summed E-state index contributed by atoms with van der Waals surface area (Å²) in [5, 5.41) is 15.3. The number of hydrogen-bond acceptors (Lipinski definition) is 6. The number of nitriles is 1. The Bertz CT molecular complexity index is 916. The SMILES string of the molecule is CC(C)Oc1ccc(Nc2ccnc(Nc3cccc(C#N)c3)n2)cc1. The molecule has 0 spiro atoms. The molecule has 0 unspecified atom stereocenters. The summed E-state index contributed by atoms with van der Waals surface area (Å²) in [5.74, 6) is 1.94. The van der Waals surface area contributed by atoms with Gasteiger partial charge in [-0.15, -0.1) is 0 Å². The van der Waals surface area contributed by atoms with Crippen LogP contribution in [0, 0.1) is 11.3 Å². The highest BCUT2D eigenvalue weighted by Crippen LogP contribution is 2.21. The molecule has 26 heavy (non-hydrogen) atoms. The summed E-state index contributed by atoms with van der Waals surface area (Å²) in [7, 11) is 0. The van der Waals surface area contributed by atoms with E-state index in [2.05, 4.69) is 26.7 Å². The highest BCUT2D eigenvalue weighted by atomic mass is 16.5. The molecule has 2 aromatic carbocycles. The summed E-state index contributed by atoms with van der Waals surface area (Å²) in [6.07, 6.45) is 1.81. The van der Waals surface area contributed by atoms with E-state index in [4.69, 9.17) is 10.00 Å². The van der Waals surface area contributed by atoms with Crippen LogP contribution < -0.4 is 15.4 Å². The highest BCUT2D eigenvalue weighted by molar-refractivity contribution is 5.60. The maximum atomic E-state index is 8.98. The molecule has 130 valence electrons. The van der Waals surface area contributed by atoms with Crippen molar-refractivity contribution < 1.29 is 4.74 Å². The largest absolute Gasteiger partial charge is 0.491 e. The summed E-state index contributed by atoms with van der Waals surface area (Å²) in [4.78, 5) is 8.66. The zero-order valence-electron chi connectivity index (χ0n) is 14.6. The number of hydrogen-bond donors (Lipinski definition) is 2. The minimum Gasteiger partial charge on any atom is -0.491 e. The molecule has 0 radical (unpaired) electrons. The van der Waals surface area contributed by atoms with Gasteiger partial charge in [0.1, 0.15) is 11.6 Å². The number of aromatic nitrogens is 2. The van der Waals surface area contributed by atoms with E-state index in [0.29, 0.717) is 17.3 Å². The van der Waals surface area contributed by atoms with Crippen LogP contribution in [0.3, 0.4) is 0 Å².